The molecule has 2 aromatic rings. The van der Waals surface area contributed by atoms with Crippen molar-refractivity contribution in [2.75, 3.05) is 26.7 Å². The molecule has 3 rings (SSSR count). The number of aliphatic carboxylic acids is 1. The van der Waals surface area contributed by atoms with Gasteiger partial charge in [0.2, 0.25) is 23.6 Å². The molecule has 0 aliphatic carbocycles. The maximum absolute atomic E-state index is 13.3. The molecule has 0 fully saturated rings. The standard InChI is InChI=1S/C46H72N6O11/c1-5-6-7-8-9-10-11-12-13-14-15-16-17-18-40(57)52(4)36(28-53)44(60)47-26-29(2)42(58)48-27-39(56)51-41-32-20-22-38(55)34(25-32)33-23-31(19-21-37(33)54)24-35(46(62)63)50-43(59)30(3)49-45(41)61/h19-23,25,29-30,35-36,41,44-45,47,49,53-55,60-61H,5-18,24,26-28H2,1-4H3,(H,48,58)(H,50,59)(H,51,56)(H,62,63)/t29?,30-,35-,36+,41-,44?,45?/m0/s1. The van der Waals surface area contributed by atoms with Crippen molar-refractivity contribution in [3.63, 3.8) is 0 Å². The summed E-state index contributed by atoms with van der Waals surface area (Å²) in [5.74, 6) is -4.86. The lowest BCUT2D eigenvalue weighted by atomic mass is 9.94. The second kappa shape index (κ2) is 27.4. The highest BCUT2D eigenvalue weighted by Crippen LogP contribution is 2.38. The number of benzene rings is 2. The number of aliphatic hydroxyl groups excluding tert-OH is 3. The number of rotatable bonds is 25. The molecule has 17 heteroatoms. The topological polar surface area (TPSA) is 270 Å². The Hall–Kier alpha value is -4.81. The van der Waals surface area contributed by atoms with Gasteiger partial charge in [0.15, 0.2) is 0 Å². The van der Waals surface area contributed by atoms with Crippen LogP contribution < -0.4 is 26.6 Å². The number of nitrogens with one attached hydrogen (secondary N) is 5. The number of unbranched alkanes of at least 4 members (excludes halogenated alkanes) is 12. The average Bonchev–Trinajstić information content (AvgIpc) is 3.25. The number of fused-ring (bicyclic) bond motifs is 5. The maximum atomic E-state index is 13.3. The highest BCUT2D eigenvalue weighted by Gasteiger charge is 2.31. The summed E-state index contributed by atoms with van der Waals surface area (Å²) >= 11 is 0. The van der Waals surface area contributed by atoms with Crippen LogP contribution in [0.4, 0.5) is 0 Å². The van der Waals surface area contributed by atoms with E-state index in [-0.39, 0.29) is 47.1 Å². The summed E-state index contributed by atoms with van der Waals surface area (Å²) in [4.78, 5) is 65.7. The van der Waals surface area contributed by atoms with E-state index in [1.165, 1.54) is 113 Å². The first-order valence-corrected chi connectivity index (χ1v) is 22.5. The first-order chi connectivity index (χ1) is 30.1. The minimum Gasteiger partial charge on any atom is -0.507 e. The first-order valence-electron chi connectivity index (χ1n) is 22.5. The van der Waals surface area contributed by atoms with Crippen LogP contribution in [0.25, 0.3) is 11.1 Å². The van der Waals surface area contributed by atoms with Crippen molar-refractivity contribution < 1.29 is 54.6 Å². The van der Waals surface area contributed by atoms with Gasteiger partial charge in [-0.2, -0.15) is 0 Å². The Morgan fingerprint density at radius 3 is 2.03 bits per heavy atom. The van der Waals surface area contributed by atoms with Gasteiger partial charge in [0.25, 0.3) is 0 Å². The summed E-state index contributed by atoms with van der Waals surface area (Å²) in [5, 5.41) is 76.6. The van der Waals surface area contributed by atoms with E-state index < -0.39 is 79.4 Å². The quantitative estimate of drug-likeness (QED) is 0.0506. The molecule has 1 aliphatic rings. The number of hydrogen-bond donors (Lipinski definition) is 11. The minimum atomic E-state index is -1.66. The van der Waals surface area contributed by atoms with Crippen LogP contribution in [0.2, 0.25) is 0 Å². The molecule has 2 aromatic carbocycles. The lowest BCUT2D eigenvalue weighted by Crippen LogP contribution is -2.55. The number of carboxylic acid groups (broad SMARTS) is 1. The largest absolute Gasteiger partial charge is 0.507 e. The summed E-state index contributed by atoms with van der Waals surface area (Å²) in [6.45, 7) is 4.05. The molecule has 4 amide bonds. The summed E-state index contributed by atoms with van der Waals surface area (Å²) < 4.78 is 0. The van der Waals surface area contributed by atoms with Crippen LogP contribution in [0, 0.1) is 5.92 Å². The molecule has 0 radical (unpaired) electrons. The van der Waals surface area contributed by atoms with E-state index in [4.69, 9.17) is 0 Å². The highest BCUT2D eigenvalue weighted by molar-refractivity contribution is 5.88. The molecule has 0 spiro atoms. The van der Waals surface area contributed by atoms with E-state index in [0.29, 0.717) is 18.4 Å². The smallest absolute Gasteiger partial charge is 0.326 e. The van der Waals surface area contributed by atoms with Gasteiger partial charge in [0.1, 0.15) is 30.0 Å². The minimum absolute atomic E-state index is 0.0652. The Balaban J connectivity index is 1.53. The van der Waals surface area contributed by atoms with E-state index in [1.54, 1.807) is 6.92 Å². The summed E-state index contributed by atoms with van der Waals surface area (Å²) in [6.07, 6.45) is 12.6. The SMILES string of the molecule is CCCCCCCCCCCCCCCC(=O)N(C)[C@H](CO)C(O)NCC(C)C(=O)NCC(=O)N[C@H]1c2ccc(O)c(c2)-c2cc(ccc2O)C[C@@H](C(=O)O)NC(=O)[C@H](C)NC1O. The monoisotopic (exact) mass is 885 g/mol. The van der Waals surface area contributed by atoms with Gasteiger partial charge in [-0.3, -0.25) is 29.8 Å². The van der Waals surface area contributed by atoms with Crippen LogP contribution in [-0.4, -0.2) is 122 Å². The van der Waals surface area contributed by atoms with Crippen molar-refractivity contribution >= 4 is 29.6 Å². The van der Waals surface area contributed by atoms with E-state index >= 15 is 0 Å². The van der Waals surface area contributed by atoms with Gasteiger partial charge in [-0.15, -0.1) is 0 Å². The second-order valence-electron chi connectivity index (χ2n) is 16.8. The Morgan fingerprint density at radius 2 is 1.44 bits per heavy atom. The summed E-state index contributed by atoms with van der Waals surface area (Å²) in [6, 6.07) is 3.68. The normalized spacial score (nSPS) is 19.2. The van der Waals surface area contributed by atoms with Gasteiger partial charge in [-0.05, 0) is 48.7 Å². The first kappa shape index (κ1) is 52.5. The molecule has 352 valence electrons. The van der Waals surface area contributed by atoms with Crippen molar-refractivity contribution in [2.45, 2.75) is 154 Å². The fourth-order valence-corrected chi connectivity index (χ4v) is 7.58. The van der Waals surface area contributed by atoms with Crippen LogP contribution in [0.1, 0.15) is 128 Å². The third kappa shape index (κ3) is 17.4. The van der Waals surface area contributed by atoms with Crippen LogP contribution >= 0.6 is 0 Å². The third-order valence-electron chi connectivity index (χ3n) is 11.7. The lowest BCUT2D eigenvalue weighted by Gasteiger charge is -2.31. The third-order valence-corrected chi connectivity index (χ3v) is 11.7. The highest BCUT2D eigenvalue weighted by atomic mass is 16.4. The van der Waals surface area contributed by atoms with E-state index in [1.807, 2.05) is 0 Å². The molecule has 4 bridgehead atoms. The molecule has 0 aromatic heterocycles. The van der Waals surface area contributed by atoms with Crippen molar-refractivity contribution in [1.29, 1.82) is 0 Å². The molecular formula is C46H72N6O11. The summed E-state index contributed by atoms with van der Waals surface area (Å²) in [7, 11) is 1.52. The molecular weight excluding hydrogens is 813 g/mol. The van der Waals surface area contributed by atoms with Gasteiger partial charge in [0, 0.05) is 43.5 Å². The zero-order valence-electron chi connectivity index (χ0n) is 37.4. The number of amides is 4. The molecule has 3 unspecified atom stereocenters. The number of carboxylic acids is 1. The van der Waals surface area contributed by atoms with Gasteiger partial charge in [0.05, 0.1) is 31.3 Å². The van der Waals surface area contributed by atoms with E-state index in [9.17, 15) is 54.6 Å². The molecule has 17 nitrogen and oxygen atoms in total. The predicted octanol–water partition coefficient (Wildman–Crippen LogP) is 3.31. The van der Waals surface area contributed by atoms with Gasteiger partial charge >= 0.3 is 5.97 Å². The number of likely N-dealkylation sites (N-methyl/N-ethyl adjacent to an activating group) is 1. The molecule has 63 heavy (non-hydrogen) atoms. The molecule has 7 atom stereocenters. The van der Waals surface area contributed by atoms with Crippen molar-refractivity contribution in [3.8, 4) is 22.6 Å². The Labute approximate surface area is 371 Å². The fraction of sp³-hybridized carbons (Fsp3) is 0.630. The number of nitrogens with zero attached hydrogens (tertiary/aromatic N) is 1. The summed E-state index contributed by atoms with van der Waals surface area (Å²) in [5.41, 5.74) is 0.931. The van der Waals surface area contributed by atoms with Crippen molar-refractivity contribution in [2.24, 2.45) is 5.92 Å². The molecule has 0 saturated carbocycles. The number of aromatic hydroxyl groups is 2. The van der Waals surface area contributed by atoms with Crippen LogP contribution in [0.3, 0.4) is 0 Å². The lowest BCUT2D eigenvalue weighted by molar-refractivity contribution is -0.142. The molecule has 11 N–H and O–H groups in total. The van der Waals surface area contributed by atoms with Crippen molar-refractivity contribution in [3.05, 3.63) is 47.5 Å². The van der Waals surface area contributed by atoms with Gasteiger partial charge < -0.3 is 51.5 Å². The maximum Gasteiger partial charge on any atom is 0.326 e. The van der Waals surface area contributed by atoms with Crippen LogP contribution in [-0.2, 0) is 30.4 Å². The van der Waals surface area contributed by atoms with E-state index in [0.717, 1.165) is 19.3 Å². The van der Waals surface area contributed by atoms with Crippen LogP contribution in [0.15, 0.2) is 36.4 Å². The zero-order valence-corrected chi connectivity index (χ0v) is 37.4. The average molecular weight is 885 g/mol. The Bertz CT molecular complexity index is 1780. The zero-order chi connectivity index (χ0) is 46.5. The number of aliphatic hydroxyl groups is 3. The predicted molar refractivity (Wildman–Crippen MR) is 238 cm³/mol. The Morgan fingerprint density at radius 1 is 0.873 bits per heavy atom. The number of phenols is 2. The van der Waals surface area contributed by atoms with Gasteiger partial charge in [-0.25, -0.2) is 4.79 Å². The van der Waals surface area contributed by atoms with Crippen LogP contribution in [0.5, 0.6) is 11.5 Å². The molecule has 1 heterocycles. The fourth-order valence-electron chi connectivity index (χ4n) is 7.58. The number of hydrogen-bond acceptors (Lipinski definition) is 12. The second-order valence-corrected chi connectivity index (χ2v) is 16.8. The van der Waals surface area contributed by atoms with Gasteiger partial charge in [-0.1, -0.05) is 103 Å². The van der Waals surface area contributed by atoms with Crippen molar-refractivity contribution in [1.82, 2.24) is 31.5 Å². The molecule has 0 saturated heterocycles. The number of carbonyl (C=O) groups is 5. The Kier molecular flexibility index (Phi) is 22.8. The van der Waals surface area contributed by atoms with E-state index in [2.05, 4.69) is 33.5 Å². The number of phenolic OH excluding ortho intramolecular Hbond substituents is 2. The molecule has 1 aliphatic heterocycles. The number of carbonyl (C=O) groups excluding carboxylic acids is 4.